The molecule has 1 N–H and O–H groups in total. The van der Waals surface area contributed by atoms with Crippen molar-refractivity contribution >= 4 is 35.8 Å². The summed E-state index contributed by atoms with van der Waals surface area (Å²) in [6.07, 6.45) is 1.36. The zero-order chi connectivity index (χ0) is 20.4. The first-order valence-corrected chi connectivity index (χ1v) is 12.1. The Bertz CT molecular complexity index is 1140. The number of furan rings is 1. The van der Waals surface area contributed by atoms with Gasteiger partial charge < -0.3 is 4.42 Å². The molecule has 0 bridgehead atoms. The zero-order valence-corrected chi connectivity index (χ0v) is 18.1. The van der Waals surface area contributed by atoms with Gasteiger partial charge in [0.2, 0.25) is 10.0 Å². The molecule has 0 fully saturated rings. The molecular formula is C19H18BrNO5S2. The molecule has 28 heavy (non-hydrogen) atoms. The molecular weight excluding hydrogens is 466 g/mol. The minimum atomic E-state index is -3.89. The van der Waals surface area contributed by atoms with Crippen LogP contribution < -0.4 is 4.72 Å². The van der Waals surface area contributed by atoms with Gasteiger partial charge in [0.15, 0.2) is 9.84 Å². The molecule has 0 aliphatic carbocycles. The lowest BCUT2D eigenvalue weighted by Gasteiger charge is -2.17. The van der Waals surface area contributed by atoms with Crippen LogP contribution in [-0.4, -0.2) is 23.4 Å². The third-order valence-electron chi connectivity index (χ3n) is 4.17. The van der Waals surface area contributed by atoms with E-state index in [4.69, 9.17) is 4.42 Å². The maximum atomic E-state index is 13.1. The molecule has 2 aromatic carbocycles. The van der Waals surface area contributed by atoms with Crippen molar-refractivity contribution in [3.63, 3.8) is 0 Å². The van der Waals surface area contributed by atoms with Crippen LogP contribution in [0.5, 0.6) is 0 Å². The van der Waals surface area contributed by atoms with Gasteiger partial charge in [-0.1, -0.05) is 33.6 Å². The molecule has 1 unspecified atom stereocenters. The number of sulfonamides is 1. The number of nitrogens with one attached hydrogen (secondary N) is 1. The Balaban J connectivity index is 1.91. The predicted octanol–water partition coefficient (Wildman–Crippen LogP) is 3.84. The third-order valence-corrected chi connectivity index (χ3v) is 8.21. The number of hydrogen-bond acceptors (Lipinski definition) is 5. The summed E-state index contributed by atoms with van der Waals surface area (Å²) in [5.41, 5.74) is 0.921. The average Bonchev–Trinajstić information content (AvgIpc) is 3.16. The van der Waals surface area contributed by atoms with Gasteiger partial charge in [0, 0.05) is 11.0 Å². The Labute approximate surface area is 172 Å². The van der Waals surface area contributed by atoms with E-state index in [9.17, 15) is 16.8 Å². The molecule has 1 aromatic heterocycles. The van der Waals surface area contributed by atoms with E-state index in [1.54, 1.807) is 30.3 Å². The summed E-state index contributed by atoms with van der Waals surface area (Å²) in [5.74, 6) is 0.166. The molecule has 3 aromatic rings. The summed E-state index contributed by atoms with van der Waals surface area (Å²) in [6, 6.07) is 15.5. The normalized spacial score (nSPS) is 13.4. The maximum absolute atomic E-state index is 13.1. The van der Waals surface area contributed by atoms with Crippen molar-refractivity contribution in [3.05, 3.63) is 82.7 Å². The Hall–Kier alpha value is -1.94. The Morgan fingerprint density at radius 1 is 0.929 bits per heavy atom. The van der Waals surface area contributed by atoms with E-state index < -0.39 is 25.1 Å². The molecule has 1 atom stereocenters. The lowest BCUT2D eigenvalue weighted by molar-refractivity contribution is 0.486. The number of benzene rings is 2. The minimum Gasteiger partial charge on any atom is -0.468 e. The molecule has 0 saturated carbocycles. The van der Waals surface area contributed by atoms with E-state index >= 15 is 0 Å². The van der Waals surface area contributed by atoms with Crippen LogP contribution in [0.15, 0.2) is 85.6 Å². The highest BCUT2D eigenvalue weighted by molar-refractivity contribution is 9.10. The second-order valence-electron chi connectivity index (χ2n) is 6.17. The summed E-state index contributed by atoms with van der Waals surface area (Å²) in [4.78, 5) is 0.143. The second-order valence-corrected chi connectivity index (χ2v) is 11.0. The third kappa shape index (κ3) is 4.54. The highest BCUT2D eigenvalue weighted by Crippen LogP contribution is 2.29. The summed E-state index contributed by atoms with van der Waals surface area (Å²) in [7, 11) is -7.77. The Morgan fingerprint density at radius 3 is 2.11 bits per heavy atom. The fraction of sp³-hybridized carbons (Fsp3) is 0.158. The molecule has 0 saturated heterocycles. The van der Waals surface area contributed by atoms with Crippen LogP contribution in [-0.2, 0) is 19.9 Å². The number of hydrogen-bond donors (Lipinski definition) is 1. The number of rotatable bonds is 7. The Kier molecular flexibility index (Phi) is 6.09. The van der Waals surface area contributed by atoms with Crippen LogP contribution in [0.1, 0.15) is 16.6 Å². The molecule has 9 heteroatoms. The van der Waals surface area contributed by atoms with Crippen LogP contribution in [0.25, 0.3) is 0 Å². The number of halogens is 1. The number of sulfone groups is 1. The van der Waals surface area contributed by atoms with Gasteiger partial charge in [0.25, 0.3) is 0 Å². The minimum absolute atomic E-state index is 0.0432. The fourth-order valence-corrected chi connectivity index (χ4v) is 5.62. The maximum Gasteiger partial charge on any atom is 0.240 e. The average molecular weight is 484 g/mol. The van der Waals surface area contributed by atoms with Crippen molar-refractivity contribution in [2.45, 2.75) is 22.0 Å². The van der Waals surface area contributed by atoms with E-state index in [-0.39, 0.29) is 22.1 Å². The van der Waals surface area contributed by atoms with Gasteiger partial charge in [-0.3, -0.25) is 0 Å². The summed E-state index contributed by atoms with van der Waals surface area (Å²) in [5, 5.41) is -1.20. The highest BCUT2D eigenvalue weighted by atomic mass is 79.9. The highest BCUT2D eigenvalue weighted by Gasteiger charge is 2.32. The quantitative estimate of drug-likeness (QED) is 0.550. The van der Waals surface area contributed by atoms with Crippen molar-refractivity contribution in [1.82, 2.24) is 4.72 Å². The van der Waals surface area contributed by atoms with Gasteiger partial charge in [-0.15, -0.1) is 0 Å². The van der Waals surface area contributed by atoms with Crippen molar-refractivity contribution < 1.29 is 21.3 Å². The van der Waals surface area contributed by atoms with Crippen LogP contribution in [0.4, 0.5) is 0 Å². The molecule has 0 aliphatic heterocycles. The largest absolute Gasteiger partial charge is 0.468 e. The Morgan fingerprint density at radius 2 is 1.54 bits per heavy atom. The smallest absolute Gasteiger partial charge is 0.240 e. The molecule has 0 amide bonds. The zero-order valence-electron chi connectivity index (χ0n) is 14.9. The van der Waals surface area contributed by atoms with Crippen LogP contribution in [0.3, 0.4) is 0 Å². The van der Waals surface area contributed by atoms with Crippen LogP contribution >= 0.6 is 15.9 Å². The molecule has 0 radical (unpaired) electrons. The van der Waals surface area contributed by atoms with Crippen LogP contribution in [0, 0.1) is 6.92 Å². The lowest BCUT2D eigenvalue weighted by Crippen LogP contribution is -2.31. The van der Waals surface area contributed by atoms with Gasteiger partial charge >= 0.3 is 0 Å². The van der Waals surface area contributed by atoms with E-state index in [0.29, 0.717) is 0 Å². The summed E-state index contributed by atoms with van der Waals surface area (Å²) < 4.78 is 59.8. The molecule has 3 rings (SSSR count). The topological polar surface area (TPSA) is 93.5 Å². The van der Waals surface area contributed by atoms with Gasteiger partial charge in [-0.05, 0) is 55.5 Å². The standard InChI is InChI=1S/C19H18BrNO5S2/c1-14-4-8-16(9-5-14)27(22,23)19(18-3-2-12-26-18)13-21-28(24,25)17-10-6-15(20)7-11-17/h2-12,19,21H,13H2,1H3. The van der Waals surface area contributed by atoms with Crippen molar-refractivity contribution in [1.29, 1.82) is 0 Å². The van der Waals surface area contributed by atoms with Crippen molar-refractivity contribution in [3.8, 4) is 0 Å². The predicted molar refractivity (Wildman–Crippen MR) is 109 cm³/mol. The molecule has 0 spiro atoms. The van der Waals surface area contributed by atoms with Gasteiger partial charge in [0.05, 0.1) is 16.1 Å². The van der Waals surface area contributed by atoms with E-state index in [2.05, 4.69) is 20.7 Å². The van der Waals surface area contributed by atoms with Crippen LogP contribution in [0.2, 0.25) is 0 Å². The SMILES string of the molecule is Cc1ccc(S(=O)(=O)C(CNS(=O)(=O)c2ccc(Br)cc2)c2ccco2)cc1. The van der Waals surface area contributed by atoms with Gasteiger partial charge in [-0.2, -0.15) is 0 Å². The monoisotopic (exact) mass is 483 g/mol. The molecule has 0 aliphatic rings. The first-order valence-electron chi connectivity index (χ1n) is 8.29. The van der Waals surface area contributed by atoms with Gasteiger partial charge in [0.1, 0.15) is 11.0 Å². The van der Waals surface area contributed by atoms with Crippen molar-refractivity contribution in [2.75, 3.05) is 6.54 Å². The molecule has 148 valence electrons. The van der Waals surface area contributed by atoms with E-state index in [0.717, 1.165) is 10.0 Å². The summed E-state index contributed by atoms with van der Waals surface area (Å²) in [6.45, 7) is 1.49. The first kappa shape index (κ1) is 20.8. The first-order chi connectivity index (χ1) is 13.2. The van der Waals surface area contributed by atoms with Gasteiger partial charge in [-0.25, -0.2) is 21.6 Å². The summed E-state index contributed by atoms with van der Waals surface area (Å²) >= 11 is 3.25. The second kappa shape index (κ2) is 8.20. The number of aryl methyl sites for hydroxylation is 1. The lowest BCUT2D eigenvalue weighted by atomic mass is 10.2. The molecule has 1 heterocycles. The van der Waals surface area contributed by atoms with Crippen molar-refractivity contribution in [2.24, 2.45) is 0 Å². The van der Waals surface area contributed by atoms with E-state index in [1.165, 1.54) is 36.6 Å². The molecule has 6 nitrogen and oxygen atoms in total. The fourth-order valence-electron chi connectivity index (χ4n) is 2.61. The van der Waals surface area contributed by atoms with E-state index in [1.807, 2.05) is 6.92 Å².